The normalized spacial score (nSPS) is 19.3. The van der Waals surface area contributed by atoms with Gasteiger partial charge in [-0.25, -0.2) is 9.78 Å². The molecule has 1 saturated carbocycles. The molecule has 1 aliphatic carbocycles. The van der Waals surface area contributed by atoms with Crippen molar-refractivity contribution in [3.8, 4) is 5.88 Å². The summed E-state index contributed by atoms with van der Waals surface area (Å²) >= 11 is 0.744. The summed E-state index contributed by atoms with van der Waals surface area (Å²) in [6, 6.07) is 0.297. The summed E-state index contributed by atoms with van der Waals surface area (Å²) in [5, 5.41) is 6.05. The number of thiophene rings is 1. The first-order chi connectivity index (χ1) is 15.8. The summed E-state index contributed by atoms with van der Waals surface area (Å²) in [5.74, 6) is -0.919. The molecule has 15 heteroatoms. The van der Waals surface area contributed by atoms with Gasteiger partial charge in [-0.1, -0.05) is 0 Å². The van der Waals surface area contributed by atoms with Crippen molar-refractivity contribution < 1.29 is 50.1 Å². The van der Waals surface area contributed by atoms with E-state index in [4.69, 9.17) is 9.47 Å². The van der Waals surface area contributed by atoms with Gasteiger partial charge in [-0.3, -0.25) is 9.53 Å². The van der Waals surface area contributed by atoms with E-state index in [9.17, 15) is 35.9 Å². The molecule has 0 aromatic carbocycles. The fourth-order valence-corrected chi connectivity index (χ4v) is 4.15. The van der Waals surface area contributed by atoms with E-state index in [1.54, 1.807) is 0 Å². The lowest BCUT2D eigenvalue weighted by atomic mass is 9.89. The van der Waals surface area contributed by atoms with Crippen LogP contribution in [0, 0.1) is 0 Å². The topological polar surface area (TPSA) is 98.8 Å². The number of carbonyl (C=O) groups excluding carboxylic acids is 2. The Balaban J connectivity index is 1.60. The first-order valence-electron chi connectivity index (χ1n) is 9.82. The van der Waals surface area contributed by atoms with Crippen molar-refractivity contribution in [3.05, 3.63) is 22.6 Å². The summed E-state index contributed by atoms with van der Waals surface area (Å²) in [4.78, 5) is 27.8. The molecule has 0 bridgehead atoms. The van der Waals surface area contributed by atoms with Gasteiger partial charge in [-0.05, 0) is 6.92 Å². The van der Waals surface area contributed by atoms with Crippen LogP contribution in [0.1, 0.15) is 35.7 Å². The number of alkyl halides is 6. The maximum Gasteiger partial charge on any atom is 0.522 e. The van der Waals surface area contributed by atoms with Crippen molar-refractivity contribution in [1.29, 1.82) is 0 Å². The van der Waals surface area contributed by atoms with Crippen molar-refractivity contribution in [3.63, 3.8) is 0 Å². The van der Waals surface area contributed by atoms with Gasteiger partial charge in [-0.15, -0.1) is 24.5 Å². The average molecular weight is 515 g/mol. The summed E-state index contributed by atoms with van der Waals surface area (Å²) in [6.45, 7) is 0.346. The Hall–Kier alpha value is -2.81. The Labute approximate surface area is 192 Å². The third kappa shape index (κ3) is 6.40. The minimum Gasteiger partial charge on any atom is -0.474 e. The van der Waals surface area contributed by atoms with Gasteiger partial charge in [0.15, 0.2) is 0 Å². The van der Waals surface area contributed by atoms with Crippen LogP contribution in [0.25, 0.3) is 10.2 Å². The van der Waals surface area contributed by atoms with E-state index in [1.807, 2.05) is 0 Å². The van der Waals surface area contributed by atoms with Crippen molar-refractivity contribution in [2.24, 2.45) is 0 Å². The van der Waals surface area contributed by atoms with Gasteiger partial charge < -0.3 is 20.1 Å². The lowest BCUT2D eigenvalue weighted by molar-refractivity contribution is -0.329. The standard InChI is InChI=1S/C19H19F6N3O5S/c1-8(6-31-19(23,24)25)32-17(30)27-9-3-10(4-9)33-13-5-12(18(20,21)22)15-14(28-13)11(7-34-15)16(29)26-2/h5,7-10H,3-4,6H2,1-2H3,(H,26,29)(H,27,30)/t8-,9?,10?/m0/s1. The molecule has 2 aromatic rings. The molecular formula is C19H19F6N3O5S. The van der Waals surface area contributed by atoms with Crippen molar-refractivity contribution in [2.75, 3.05) is 13.7 Å². The molecule has 0 aliphatic heterocycles. The summed E-state index contributed by atoms with van der Waals surface area (Å²) in [7, 11) is 1.34. The number of hydrogen-bond donors (Lipinski definition) is 2. The minimum atomic E-state index is -4.85. The maximum absolute atomic E-state index is 13.5. The molecular weight excluding hydrogens is 496 g/mol. The minimum absolute atomic E-state index is 0.0158. The summed E-state index contributed by atoms with van der Waals surface area (Å²) in [6.07, 6.45) is -11.8. The number of carbonyl (C=O) groups is 2. The molecule has 1 fully saturated rings. The number of pyridine rings is 1. The molecule has 2 aromatic heterocycles. The molecule has 3 rings (SSSR count). The highest BCUT2D eigenvalue weighted by atomic mass is 32.1. The fourth-order valence-electron chi connectivity index (χ4n) is 3.13. The molecule has 1 atom stereocenters. The van der Waals surface area contributed by atoms with Crippen LogP contribution in [0.3, 0.4) is 0 Å². The molecule has 0 spiro atoms. The zero-order valence-electron chi connectivity index (χ0n) is 17.7. The first kappa shape index (κ1) is 25.8. The molecule has 34 heavy (non-hydrogen) atoms. The second-order valence-electron chi connectivity index (χ2n) is 7.44. The third-order valence-corrected chi connectivity index (χ3v) is 5.77. The largest absolute Gasteiger partial charge is 0.522 e. The monoisotopic (exact) mass is 515 g/mol. The van der Waals surface area contributed by atoms with E-state index in [-0.39, 0.29) is 34.5 Å². The number of halogens is 6. The van der Waals surface area contributed by atoms with Gasteiger partial charge in [0.1, 0.15) is 12.2 Å². The Kier molecular flexibility index (Phi) is 7.45. The van der Waals surface area contributed by atoms with Crippen molar-refractivity contribution in [2.45, 2.75) is 50.6 Å². The number of ether oxygens (including phenoxy) is 3. The second-order valence-corrected chi connectivity index (χ2v) is 8.32. The van der Waals surface area contributed by atoms with E-state index in [0.29, 0.717) is 0 Å². The van der Waals surface area contributed by atoms with E-state index >= 15 is 0 Å². The van der Waals surface area contributed by atoms with Crippen LogP contribution in [0.15, 0.2) is 11.4 Å². The van der Waals surface area contributed by atoms with Crippen LogP contribution >= 0.6 is 11.3 Å². The molecule has 2 heterocycles. The molecule has 0 unspecified atom stereocenters. The van der Waals surface area contributed by atoms with Gasteiger partial charge in [0, 0.05) is 37.4 Å². The second kappa shape index (κ2) is 9.82. The molecule has 0 radical (unpaired) electrons. The molecule has 2 N–H and O–H groups in total. The zero-order chi connectivity index (χ0) is 25.3. The average Bonchev–Trinajstić information content (AvgIpc) is 3.12. The highest BCUT2D eigenvalue weighted by Crippen LogP contribution is 2.40. The number of nitrogens with one attached hydrogen (secondary N) is 2. The molecule has 2 amide bonds. The highest BCUT2D eigenvalue weighted by Gasteiger charge is 2.37. The number of nitrogens with zero attached hydrogens (tertiary/aromatic N) is 1. The molecule has 1 aliphatic rings. The summed E-state index contributed by atoms with van der Waals surface area (Å²) < 4.78 is 90.3. The fraction of sp³-hybridized carbons (Fsp3) is 0.526. The Morgan fingerprint density at radius 3 is 2.50 bits per heavy atom. The number of aromatic nitrogens is 1. The number of fused-ring (bicyclic) bond motifs is 1. The number of alkyl carbamates (subject to hydrolysis) is 1. The molecule has 0 saturated heterocycles. The van der Waals surface area contributed by atoms with E-state index in [2.05, 4.69) is 20.4 Å². The number of rotatable bonds is 7. The maximum atomic E-state index is 13.5. The van der Waals surface area contributed by atoms with Crippen LogP contribution in [-0.2, 0) is 15.7 Å². The Morgan fingerprint density at radius 1 is 1.24 bits per heavy atom. The molecule has 188 valence electrons. The van der Waals surface area contributed by atoms with E-state index in [1.165, 1.54) is 19.4 Å². The van der Waals surface area contributed by atoms with Crippen LogP contribution in [-0.4, -0.2) is 55.3 Å². The lowest BCUT2D eigenvalue weighted by Crippen LogP contribution is -2.49. The highest BCUT2D eigenvalue weighted by molar-refractivity contribution is 7.17. The van der Waals surface area contributed by atoms with Crippen LogP contribution in [0.5, 0.6) is 5.88 Å². The number of amides is 2. The predicted molar refractivity (Wildman–Crippen MR) is 107 cm³/mol. The van der Waals surface area contributed by atoms with Gasteiger partial charge in [-0.2, -0.15) is 13.2 Å². The predicted octanol–water partition coefficient (Wildman–Crippen LogP) is 4.24. The van der Waals surface area contributed by atoms with Crippen LogP contribution in [0.4, 0.5) is 31.1 Å². The van der Waals surface area contributed by atoms with Crippen LogP contribution in [0.2, 0.25) is 0 Å². The van der Waals surface area contributed by atoms with Crippen molar-refractivity contribution in [1.82, 2.24) is 15.6 Å². The first-order valence-corrected chi connectivity index (χ1v) is 10.7. The van der Waals surface area contributed by atoms with Gasteiger partial charge in [0.05, 0.1) is 28.0 Å². The Morgan fingerprint density at radius 2 is 1.91 bits per heavy atom. The zero-order valence-corrected chi connectivity index (χ0v) is 18.5. The van der Waals surface area contributed by atoms with Crippen molar-refractivity contribution >= 4 is 33.6 Å². The number of hydrogen-bond acceptors (Lipinski definition) is 7. The van der Waals surface area contributed by atoms with E-state index < -0.39 is 55.0 Å². The SMILES string of the molecule is CNC(=O)c1csc2c(C(F)(F)F)cc(OC3CC(NC(=O)O[C@@H](C)COC(F)(F)F)C3)nc12. The van der Waals surface area contributed by atoms with Gasteiger partial charge in [0.2, 0.25) is 5.88 Å². The van der Waals surface area contributed by atoms with Gasteiger partial charge in [0.25, 0.3) is 5.91 Å². The van der Waals surface area contributed by atoms with Gasteiger partial charge >= 0.3 is 18.6 Å². The van der Waals surface area contributed by atoms with E-state index in [0.717, 1.165) is 17.4 Å². The summed E-state index contributed by atoms with van der Waals surface area (Å²) in [5.41, 5.74) is -1.14. The smallest absolute Gasteiger partial charge is 0.474 e. The van der Waals surface area contributed by atoms with Crippen LogP contribution < -0.4 is 15.4 Å². The molecule has 8 nitrogen and oxygen atoms in total. The third-order valence-electron chi connectivity index (χ3n) is 4.77. The quantitative estimate of drug-likeness (QED) is 0.536. The lowest BCUT2D eigenvalue weighted by Gasteiger charge is -2.35. The Bertz CT molecular complexity index is 1050.